The highest BCUT2D eigenvalue weighted by Crippen LogP contribution is 2.45. The van der Waals surface area contributed by atoms with Crippen molar-refractivity contribution in [2.45, 2.75) is 51.9 Å². The SMILES string of the molecule is Cc1ccc2onc(C3CC3)c2c1C(C)(C)C. The van der Waals surface area contributed by atoms with Gasteiger partial charge in [-0.25, -0.2) is 0 Å². The van der Waals surface area contributed by atoms with Gasteiger partial charge in [0.1, 0.15) is 0 Å². The fourth-order valence-corrected chi connectivity index (χ4v) is 2.76. The van der Waals surface area contributed by atoms with Crippen LogP contribution in [0.15, 0.2) is 16.7 Å². The van der Waals surface area contributed by atoms with Crippen molar-refractivity contribution in [3.8, 4) is 0 Å². The fourth-order valence-electron chi connectivity index (χ4n) is 2.76. The molecular weight excluding hydrogens is 210 g/mol. The Balaban J connectivity index is 2.36. The van der Waals surface area contributed by atoms with Crippen LogP contribution in [0.1, 0.15) is 56.4 Å². The molecule has 0 amide bonds. The van der Waals surface area contributed by atoms with E-state index in [0.717, 1.165) is 5.58 Å². The molecule has 0 bridgehead atoms. The molecule has 1 aromatic heterocycles. The highest BCUT2D eigenvalue weighted by atomic mass is 16.5. The Hall–Kier alpha value is -1.31. The van der Waals surface area contributed by atoms with Gasteiger partial charge in [0, 0.05) is 11.3 Å². The number of aromatic nitrogens is 1. The van der Waals surface area contributed by atoms with Crippen LogP contribution in [-0.4, -0.2) is 5.16 Å². The summed E-state index contributed by atoms with van der Waals surface area (Å²) in [6.07, 6.45) is 2.53. The molecule has 1 saturated carbocycles. The Morgan fingerprint density at radius 1 is 1.24 bits per heavy atom. The van der Waals surface area contributed by atoms with E-state index in [9.17, 15) is 0 Å². The van der Waals surface area contributed by atoms with Crippen molar-refractivity contribution in [1.82, 2.24) is 5.16 Å². The van der Waals surface area contributed by atoms with Gasteiger partial charge in [-0.15, -0.1) is 0 Å². The van der Waals surface area contributed by atoms with Gasteiger partial charge >= 0.3 is 0 Å². The Labute approximate surface area is 102 Å². The van der Waals surface area contributed by atoms with Crippen LogP contribution in [0.5, 0.6) is 0 Å². The van der Waals surface area contributed by atoms with Crippen molar-refractivity contribution in [3.63, 3.8) is 0 Å². The van der Waals surface area contributed by atoms with Crippen molar-refractivity contribution in [3.05, 3.63) is 29.0 Å². The molecule has 1 aromatic carbocycles. The average molecular weight is 229 g/mol. The molecule has 0 radical (unpaired) electrons. The summed E-state index contributed by atoms with van der Waals surface area (Å²) in [5, 5.41) is 5.58. The summed E-state index contributed by atoms with van der Waals surface area (Å²) in [7, 11) is 0. The van der Waals surface area contributed by atoms with Crippen molar-refractivity contribution in [2.24, 2.45) is 0 Å². The minimum atomic E-state index is 0.138. The predicted molar refractivity (Wildman–Crippen MR) is 69.4 cm³/mol. The van der Waals surface area contributed by atoms with Crippen LogP contribution in [0.2, 0.25) is 0 Å². The fraction of sp³-hybridized carbons (Fsp3) is 0.533. The third kappa shape index (κ3) is 1.67. The van der Waals surface area contributed by atoms with E-state index in [1.54, 1.807) is 0 Å². The number of benzene rings is 1. The summed E-state index contributed by atoms with van der Waals surface area (Å²) < 4.78 is 5.49. The Morgan fingerprint density at radius 2 is 1.94 bits per heavy atom. The lowest BCUT2D eigenvalue weighted by Crippen LogP contribution is -2.14. The van der Waals surface area contributed by atoms with E-state index < -0.39 is 0 Å². The lowest BCUT2D eigenvalue weighted by Gasteiger charge is -2.22. The van der Waals surface area contributed by atoms with Gasteiger partial charge < -0.3 is 4.52 Å². The number of hydrogen-bond donors (Lipinski definition) is 0. The first-order chi connectivity index (χ1) is 7.98. The molecule has 17 heavy (non-hydrogen) atoms. The molecule has 90 valence electrons. The van der Waals surface area contributed by atoms with Gasteiger partial charge in [0.2, 0.25) is 0 Å². The lowest BCUT2D eigenvalue weighted by atomic mass is 9.81. The van der Waals surface area contributed by atoms with E-state index in [1.807, 2.05) is 0 Å². The standard InChI is InChI=1S/C15H19NO/c1-9-5-8-11-12(13(9)15(2,3)4)14(16-17-11)10-6-7-10/h5,8,10H,6-7H2,1-4H3. The maximum absolute atomic E-state index is 5.49. The van der Waals surface area contributed by atoms with Gasteiger partial charge in [-0.3, -0.25) is 0 Å². The van der Waals surface area contributed by atoms with Crippen LogP contribution in [0, 0.1) is 6.92 Å². The number of fused-ring (bicyclic) bond motifs is 1. The van der Waals surface area contributed by atoms with Gasteiger partial charge in [0.15, 0.2) is 5.58 Å². The quantitative estimate of drug-likeness (QED) is 0.728. The van der Waals surface area contributed by atoms with Gasteiger partial charge in [-0.05, 0) is 42.4 Å². The maximum atomic E-state index is 5.49. The second-order valence-corrected chi connectivity index (χ2v) is 6.22. The Bertz CT molecular complexity index is 570. The summed E-state index contributed by atoms with van der Waals surface area (Å²) in [6.45, 7) is 8.97. The first-order valence-electron chi connectivity index (χ1n) is 6.38. The molecule has 1 aliphatic rings. The zero-order chi connectivity index (χ0) is 12.2. The van der Waals surface area contributed by atoms with Crippen LogP contribution < -0.4 is 0 Å². The molecule has 1 fully saturated rings. The number of rotatable bonds is 1. The molecule has 0 aliphatic heterocycles. The van der Waals surface area contributed by atoms with E-state index in [0.29, 0.717) is 5.92 Å². The second-order valence-electron chi connectivity index (χ2n) is 6.22. The van der Waals surface area contributed by atoms with Crippen molar-refractivity contribution < 1.29 is 4.52 Å². The largest absolute Gasteiger partial charge is 0.356 e. The molecule has 0 saturated heterocycles. The van der Waals surface area contributed by atoms with Crippen LogP contribution in [0.4, 0.5) is 0 Å². The van der Waals surface area contributed by atoms with E-state index in [2.05, 4.69) is 45.0 Å². The topological polar surface area (TPSA) is 26.0 Å². The molecule has 0 spiro atoms. The summed E-state index contributed by atoms with van der Waals surface area (Å²) in [5.74, 6) is 0.638. The first-order valence-corrected chi connectivity index (χ1v) is 6.38. The van der Waals surface area contributed by atoms with Crippen LogP contribution in [0.25, 0.3) is 11.0 Å². The third-order valence-electron chi connectivity index (χ3n) is 3.59. The highest BCUT2D eigenvalue weighted by molar-refractivity contribution is 5.86. The van der Waals surface area contributed by atoms with E-state index in [-0.39, 0.29) is 5.41 Å². The van der Waals surface area contributed by atoms with Gasteiger partial charge in [0.25, 0.3) is 0 Å². The van der Waals surface area contributed by atoms with Crippen molar-refractivity contribution >= 4 is 11.0 Å². The summed E-state index contributed by atoms with van der Waals surface area (Å²) in [5.41, 5.74) is 5.02. The normalized spacial score (nSPS) is 16.7. The molecule has 2 aromatic rings. The molecule has 0 N–H and O–H groups in total. The van der Waals surface area contributed by atoms with E-state index in [1.165, 1.54) is 35.0 Å². The average Bonchev–Trinajstić information content (AvgIpc) is 2.97. The minimum absolute atomic E-state index is 0.138. The highest BCUT2D eigenvalue weighted by Gasteiger charge is 2.32. The number of nitrogens with zero attached hydrogens (tertiary/aromatic N) is 1. The smallest absolute Gasteiger partial charge is 0.167 e. The van der Waals surface area contributed by atoms with Crippen molar-refractivity contribution in [1.29, 1.82) is 0 Å². The second kappa shape index (κ2) is 3.34. The zero-order valence-electron chi connectivity index (χ0n) is 11.0. The molecule has 2 nitrogen and oxygen atoms in total. The molecule has 3 rings (SSSR count). The maximum Gasteiger partial charge on any atom is 0.167 e. The van der Waals surface area contributed by atoms with E-state index >= 15 is 0 Å². The van der Waals surface area contributed by atoms with Crippen LogP contribution >= 0.6 is 0 Å². The van der Waals surface area contributed by atoms with Crippen LogP contribution in [-0.2, 0) is 5.41 Å². The summed E-state index contributed by atoms with van der Waals surface area (Å²) >= 11 is 0. The number of aryl methyl sites for hydroxylation is 1. The lowest BCUT2D eigenvalue weighted by molar-refractivity contribution is 0.446. The van der Waals surface area contributed by atoms with Gasteiger partial charge in [0.05, 0.1) is 5.69 Å². The van der Waals surface area contributed by atoms with Crippen LogP contribution in [0.3, 0.4) is 0 Å². The molecule has 0 unspecified atom stereocenters. The predicted octanol–water partition coefficient (Wildman–Crippen LogP) is 4.31. The van der Waals surface area contributed by atoms with Gasteiger partial charge in [-0.1, -0.05) is 32.0 Å². The first kappa shape index (κ1) is 10.8. The zero-order valence-corrected chi connectivity index (χ0v) is 11.0. The van der Waals surface area contributed by atoms with E-state index in [4.69, 9.17) is 4.52 Å². The monoisotopic (exact) mass is 229 g/mol. The van der Waals surface area contributed by atoms with Crippen molar-refractivity contribution in [2.75, 3.05) is 0 Å². The Morgan fingerprint density at radius 3 is 2.53 bits per heavy atom. The summed E-state index contributed by atoms with van der Waals surface area (Å²) in [6, 6.07) is 4.20. The molecule has 2 heteroatoms. The molecule has 0 atom stereocenters. The minimum Gasteiger partial charge on any atom is -0.356 e. The number of hydrogen-bond acceptors (Lipinski definition) is 2. The molecular formula is C15H19NO. The van der Waals surface area contributed by atoms with Gasteiger partial charge in [-0.2, -0.15) is 0 Å². The summed E-state index contributed by atoms with van der Waals surface area (Å²) in [4.78, 5) is 0. The third-order valence-corrected chi connectivity index (χ3v) is 3.59. The molecule has 1 aliphatic carbocycles. The Kier molecular flexibility index (Phi) is 2.13. The molecule has 1 heterocycles.